The number of aliphatic hydroxyl groups is 3. The van der Waals surface area contributed by atoms with E-state index in [9.17, 15) is 34.5 Å². The number of ether oxygens (including phenoxy) is 4. The summed E-state index contributed by atoms with van der Waals surface area (Å²) < 4.78 is 24.0. The standard InChI is InChI=1S/C35H48O11/c1-13(2)9-21(37)46-30-29-18(44-29)11-17-26(38)27(39)22-16(32(17,30)5)12-19(43-15(4)36)33(6)23-14(3)10-20-34(7,25(23)28(40)24(22)33)35(8,42)31(41)45-20/h10,13-14,16-19,22-25,27-30,39-40,42H,9,11-12H2,1-8H3/t14-,16+,17-,18+,19+,22-,23+,24-,25+,27-,28-,29-,30+,32-,33-,34+,35?/m1/s1. The van der Waals surface area contributed by atoms with E-state index in [0.29, 0.717) is 12.2 Å². The maximum absolute atomic E-state index is 14.3. The van der Waals surface area contributed by atoms with Crippen molar-refractivity contribution in [2.24, 2.45) is 63.6 Å². The number of allylic oxidation sites excluding steroid dienone is 1. The number of carbonyl (C=O) groups is 4. The Balaban J connectivity index is 1.39. The van der Waals surface area contributed by atoms with Gasteiger partial charge in [0.2, 0.25) is 0 Å². The number of rotatable bonds is 4. The fourth-order valence-corrected chi connectivity index (χ4v) is 11.9. The van der Waals surface area contributed by atoms with Crippen LogP contribution in [-0.2, 0) is 38.1 Å². The number of carbonyl (C=O) groups excluding carboxylic acids is 4. The predicted molar refractivity (Wildman–Crippen MR) is 159 cm³/mol. The lowest BCUT2D eigenvalue weighted by atomic mass is 9.42. The van der Waals surface area contributed by atoms with Crippen molar-refractivity contribution in [2.45, 2.75) is 117 Å². The first-order chi connectivity index (χ1) is 21.3. The lowest BCUT2D eigenvalue weighted by molar-refractivity contribution is -0.233. The quantitative estimate of drug-likeness (QED) is 0.233. The first kappa shape index (κ1) is 32.2. The molecule has 3 N–H and O–H groups in total. The Morgan fingerprint density at radius 3 is 2.33 bits per heavy atom. The summed E-state index contributed by atoms with van der Waals surface area (Å²) in [5.74, 6) is -5.82. The SMILES string of the molecule is CC(=O)O[C@H]1C[C@H]2[C@H]([C@@H]3[C@@H](O)[C@@H]4[C@H]([C@H](C)C=C5OC(=O)C(C)(O)[C@@]54C)[C@]31C)[C@@H](O)C(=O)[C@H]1C[C@@H]3O[C@H]3[C@H](OC(=O)CC(C)C)[C@@]12C. The van der Waals surface area contributed by atoms with E-state index in [1.807, 2.05) is 40.7 Å². The van der Waals surface area contributed by atoms with Gasteiger partial charge in [-0.15, -0.1) is 0 Å². The van der Waals surface area contributed by atoms with E-state index in [1.54, 1.807) is 6.92 Å². The maximum Gasteiger partial charge on any atom is 0.343 e. The van der Waals surface area contributed by atoms with Crippen molar-refractivity contribution in [1.82, 2.24) is 0 Å². The summed E-state index contributed by atoms with van der Waals surface area (Å²) in [4.78, 5) is 53.2. The molecule has 5 aliphatic carbocycles. The summed E-state index contributed by atoms with van der Waals surface area (Å²) in [5.41, 5.74) is -5.22. The molecule has 0 spiro atoms. The normalized spacial score (nSPS) is 54.7. The van der Waals surface area contributed by atoms with Crippen molar-refractivity contribution in [3.8, 4) is 0 Å². The smallest absolute Gasteiger partial charge is 0.343 e. The number of aliphatic hydroxyl groups excluding tert-OH is 2. The van der Waals surface area contributed by atoms with Crippen LogP contribution >= 0.6 is 0 Å². The summed E-state index contributed by atoms with van der Waals surface area (Å²) in [6, 6.07) is 0. The van der Waals surface area contributed by atoms with Gasteiger partial charge in [0.05, 0.1) is 17.6 Å². The molecule has 7 aliphatic rings. The number of ketones is 1. The van der Waals surface area contributed by atoms with E-state index >= 15 is 0 Å². The van der Waals surface area contributed by atoms with Crippen LogP contribution in [-0.4, -0.2) is 81.2 Å². The average molecular weight is 645 g/mol. The number of hydrogen-bond acceptors (Lipinski definition) is 11. The van der Waals surface area contributed by atoms with Gasteiger partial charge in [-0.05, 0) is 56.4 Å². The number of epoxide rings is 1. The van der Waals surface area contributed by atoms with Crippen LogP contribution in [0, 0.1) is 63.6 Å². The molecule has 1 unspecified atom stereocenters. The third kappa shape index (κ3) is 3.80. The van der Waals surface area contributed by atoms with Gasteiger partial charge in [0.1, 0.15) is 30.2 Å². The van der Waals surface area contributed by atoms with Crippen molar-refractivity contribution >= 4 is 23.7 Å². The molecule has 11 heteroatoms. The third-order valence-corrected chi connectivity index (χ3v) is 14.1. The number of hydrogen-bond donors (Lipinski definition) is 3. The predicted octanol–water partition coefficient (Wildman–Crippen LogP) is 2.33. The second-order valence-electron chi connectivity index (χ2n) is 16.7. The molecule has 0 amide bonds. The average Bonchev–Trinajstić information content (AvgIpc) is 3.64. The third-order valence-electron chi connectivity index (χ3n) is 14.1. The Morgan fingerprint density at radius 1 is 1.02 bits per heavy atom. The van der Waals surface area contributed by atoms with Crippen LogP contribution in [0.15, 0.2) is 11.8 Å². The van der Waals surface area contributed by atoms with Gasteiger partial charge in [-0.1, -0.05) is 34.6 Å². The molecule has 46 heavy (non-hydrogen) atoms. The summed E-state index contributed by atoms with van der Waals surface area (Å²) >= 11 is 0. The van der Waals surface area contributed by atoms with Gasteiger partial charge in [0, 0.05) is 47.8 Å². The second kappa shape index (κ2) is 9.86. The fraction of sp³-hybridized carbons (Fsp3) is 0.829. The van der Waals surface area contributed by atoms with Crippen LogP contribution in [0.4, 0.5) is 0 Å². The van der Waals surface area contributed by atoms with Crippen LogP contribution in [0.1, 0.15) is 74.7 Å². The molecule has 7 rings (SSSR count). The summed E-state index contributed by atoms with van der Waals surface area (Å²) in [6.45, 7) is 14.2. The van der Waals surface area contributed by atoms with Crippen LogP contribution < -0.4 is 0 Å². The van der Waals surface area contributed by atoms with Gasteiger partial charge in [-0.25, -0.2) is 4.79 Å². The fourth-order valence-electron chi connectivity index (χ4n) is 11.9. The number of Topliss-reactive ketones (excluding diaryl/α,β-unsaturated/α-hetero) is 1. The molecule has 2 saturated heterocycles. The molecule has 0 aromatic carbocycles. The van der Waals surface area contributed by atoms with E-state index < -0.39 is 93.7 Å². The van der Waals surface area contributed by atoms with Crippen molar-refractivity contribution in [2.75, 3.05) is 0 Å². The molecule has 2 aliphatic heterocycles. The summed E-state index contributed by atoms with van der Waals surface area (Å²) in [6.07, 6.45) is -2.11. The molecule has 0 aromatic rings. The molecule has 11 nitrogen and oxygen atoms in total. The molecular formula is C35H48O11. The highest BCUT2D eigenvalue weighted by Gasteiger charge is 2.80. The van der Waals surface area contributed by atoms with E-state index in [0.717, 1.165) is 0 Å². The highest BCUT2D eigenvalue weighted by atomic mass is 16.6. The molecule has 0 radical (unpaired) electrons. The second-order valence-corrected chi connectivity index (χ2v) is 16.7. The molecule has 6 fully saturated rings. The lowest BCUT2D eigenvalue weighted by Crippen LogP contribution is -2.70. The monoisotopic (exact) mass is 644 g/mol. The van der Waals surface area contributed by atoms with Crippen LogP contribution in [0.2, 0.25) is 0 Å². The zero-order chi connectivity index (χ0) is 33.6. The Hall–Kier alpha value is -2.34. The first-order valence-electron chi connectivity index (χ1n) is 16.9. The van der Waals surface area contributed by atoms with Crippen molar-refractivity contribution in [3.63, 3.8) is 0 Å². The number of fused-ring (bicyclic) bond motifs is 10. The van der Waals surface area contributed by atoms with Crippen LogP contribution in [0.3, 0.4) is 0 Å². The highest BCUT2D eigenvalue weighted by molar-refractivity contribution is 5.88. The Bertz CT molecular complexity index is 1420. The minimum atomic E-state index is -1.96. The molecule has 17 atom stereocenters. The Labute approximate surface area is 269 Å². The lowest BCUT2D eigenvalue weighted by Gasteiger charge is -2.63. The Kier molecular flexibility index (Phi) is 6.91. The first-order valence-corrected chi connectivity index (χ1v) is 16.9. The molecule has 4 saturated carbocycles. The van der Waals surface area contributed by atoms with Gasteiger partial charge < -0.3 is 34.3 Å². The molecule has 254 valence electrons. The van der Waals surface area contributed by atoms with Crippen molar-refractivity contribution < 1.29 is 53.4 Å². The Morgan fingerprint density at radius 2 is 1.70 bits per heavy atom. The van der Waals surface area contributed by atoms with Crippen molar-refractivity contribution in [3.05, 3.63) is 11.8 Å². The minimum Gasteiger partial charge on any atom is -0.462 e. The molecule has 0 bridgehead atoms. The number of esters is 3. The van der Waals surface area contributed by atoms with E-state index in [1.165, 1.54) is 13.8 Å². The zero-order valence-electron chi connectivity index (χ0n) is 27.9. The largest absolute Gasteiger partial charge is 0.462 e. The van der Waals surface area contributed by atoms with Crippen LogP contribution in [0.25, 0.3) is 0 Å². The molecule has 2 heterocycles. The van der Waals surface area contributed by atoms with Crippen molar-refractivity contribution in [1.29, 1.82) is 0 Å². The van der Waals surface area contributed by atoms with E-state index in [-0.39, 0.29) is 48.6 Å². The van der Waals surface area contributed by atoms with Crippen LogP contribution in [0.5, 0.6) is 0 Å². The van der Waals surface area contributed by atoms with E-state index in [4.69, 9.17) is 18.9 Å². The van der Waals surface area contributed by atoms with Gasteiger partial charge in [-0.2, -0.15) is 0 Å². The molecule has 0 aromatic heterocycles. The topological polar surface area (TPSA) is 169 Å². The maximum atomic E-state index is 14.3. The molecular weight excluding hydrogens is 596 g/mol. The summed E-state index contributed by atoms with van der Waals surface area (Å²) in [5, 5.41) is 36.3. The van der Waals surface area contributed by atoms with Gasteiger partial charge in [-0.3, -0.25) is 14.4 Å². The zero-order valence-corrected chi connectivity index (χ0v) is 27.9. The van der Waals surface area contributed by atoms with Gasteiger partial charge in [0.15, 0.2) is 11.4 Å². The van der Waals surface area contributed by atoms with Gasteiger partial charge >= 0.3 is 17.9 Å². The summed E-state index contributed by atoms with van der Waals surface area (Å²) in [7, 11) is 0. The highest BCUT2D eigenvalue weighted by Crippen LogP contribution is 2.75. The minimum absolute atomic E-state index is 0.0596. The van der Waals surface area contributed by atoms with Gasteiger partial charge in [0.25, 0.3) is 0 Å². The van der Waals surface area contributed by atoms with E-state index in [2.05, 4.69) is 0 Å².